The van der Waals surface area contributed by atoms with Crippen molar-refractivity contribution in [3.63, 3.8) is 0 Å². The number of hydrogen-bond donors (Lipinski definition) is 0. The Balaban J connectivity index is 2.20. The van der Waals surface area contributed by atoms with Crippen LogP contribution in [0.25, 0.3) is 0 Å². The van der Waals surface area contributed by atoms with Gasteiger partial charge in [0.1, 0.15) is 6.04 Å². The molecular formula is C10H11F2NOS. The Morgan fingerprint density at radius 3 is 2.87 bits per heavy atom. The van der Waals surface area contributed by atoms with E-state index in [9.17, 15) is 13.6 Å². The lowest BCUT2D eigenvalue weighted by Crippen LogP contribution is -2.37. The van der Waals surface area contributed by atoms with Crippen molar-refractivity contribution in [3.05, 3.63) is 23.9 Å². The minimum Gasteiger partial charge on any atom is -0.294 e. The summed E-state index contributed by atoms with van der Waals surface area (Å²) >= 11 is 0.968. The SMILES string of the molecule is O=C1SC[C@@H](C(F)F)N1C1=CCCC=C1. The maximum absolute atomic E-state index is 12.7. The molecule has 0 bridgehead atoms. The van der Waals surface area contributed by atoms with Crippen molar-refractivity contribution in [2.75, 3.05) is 5.75 Å². The largest absolute Gasteiger partial charge is 0.294 e. The third kappa shape index (κ3) is 2.07. The highest BCUT2D eigenvalue weighted by Gasteiger charge is 2.39. The minimum absolute atomic E-state index is 0.182. The number of carbonyl (C=O) groups is 1. The van der Waals surface area contributed by atoms with E-state index < -0.39 is 12.5 Å². The topological polar surface area (TPSA) is 20.3 Å². The molecule has 0 N–H and O–H groups in total. The second-order valence-corrected chi connectivity index (χ2v) is 4.43. The molecule has 0 spiro atoms. The number of allylic oxidation sites excluding steroid dienone is 3. The molecule has 0 saturated carbocycles. The van der Waals surface area contributed by atoms with E-state index in [2.05, 4.69) is 0 Å². The van der Waals surface area contributed by atoms with Crippen molar-refractivity contribution in [3.8, 4) is 0 Å². The van der Waals surface area contributed by atoms with Crippen molar-refractivity contribution < 1.29 is 13.6 Å². The molecule has 1 aliphatic heterocycles. The molecule has 1 amide bonds. The second-order valence-electron chi connectivity index (χ2n) is 3.46. The Morgan fingerprint density at radius 1 is 1.47 bits per heavy atom. The van der Waals surface area contributed by atoms with Crippen LogP contribution >= 0.6 is 11.8 Å². The molecule has 2 aliphatic rings. The third-order valence-corrected chi connectivity index (χ3v) is 3.40. The van der Waals surface area contributed by atoms with Crippen LogP contribution in [0.5, 0.6) is 0 Å². The van der Waals surface area contributed by atoms with E-state index in [-0.39, 0.29) is 11.0 Å². The van der Waals surface area contributed by atoms with Crippen LogP contribution in [-0.4, -0.2) is 28.4 Å². The normalized spacial score (nSPS) is 26.3. The molecule has 5 heteroatoms. The van der Waals surface area contributed by atoms with Crippen molar-refractivity contribution in [2.45, 2.75) is 25.3 Å². The number of carbonyl (C=O) groups excluding carboxylic acids is 1. The average molecular weight is 231 g/mol. The van der Waals surface area contributed by atoms with Crippen LogP contribution in [0.2, 0.25) is 0 Å². The molecule has 0 aromatic heterocycles. The third-order valence-electron chi connectivity index (χ3n) is 2.45. The molecule has 0 aromatic carbocycles. The van der Waals surface area contributed by atoms with Gasteiger partial charge in [-0.15, -0.1) is 0 Å². The van der Waals surface area contributed by atoms with Gasteiger partial charge in [-0.05, 0) is 18.9 Å². The molecule has 2 rings (SSSR count). The molecule has 1 aliphatic carbocycles. The van der Waals surface area contributed by atoms with Gasteiger partial charge in [-0.3, -0.25) is 9.69 Å². The van der Waals surface area contributed by atoms with Crippen molar-refractivity contribution in [1.29, 1.82) is 0 Å². The predicted molar refractivity (Wildman–Crippen MR) is 55.9 cm³/mol. The first-order chi connectivity index (χ1) is 7.20. The molecule has 1 saturated heterocycles. The van der Waals surface area contributed by atoms with Gasteiger partial charge in [0.25, 0.3) is 11.7 Å². The van der Waals surface area contributed by atoms with Crippen molar-refractivity contribution >= 4 is 17.0 Å². The molecule has 1 atom stereocenters. The Labute approximate surface area is 91.0 Å². The van der Waals surface area contributed by atoms with Crippen molar-refractivity contribution in [2.24, 2.45) is 0 Å². The van der Waals surface area contributed by atoms with Crippen LogP contribution in [0.15, 0.2) is 23.9 Å². The number of thioether (sulfide) groups is 1. The van der Waals surface area contributed by atoms with Gasteiger partial charge in [0.15, 0.2) is 0 Å². The van der Waals surface area contributed by atoms with E-state index in [0.717, 1.165) is 24.6 Å². The monoisotopic (exact) mass is 231 g/mol. The van der Waals surface area contributed by atoms with E-state index in [1.165, 1.54) is 4.90 Å². The van der Waals surface area contributed by atoms with Crippen LogP contribution < -0.4 is 0 Å². The molecule has 2 nitrogen and oxygen atoms in total. The van der Waals surface area contributed by atoms with Gasteiger partial charge < -0.3 is 0 Å². The number of amides is 1. The Kier molecular flexibility index (Phi) is 3.09. The Hall–Kier alpha value is -0.840. The van der Waals surface area contributed by atoms with E-state index in [1.807, 2.05) is 12.2 Å². The highest BCUT2D eigenvalue weighted by molar-refractivity contribution is 8.13. The van der Waals surface area contributed by atoms with Crippen molar-refractivity contribution in [1.82, 2.24) is 4.90 Å². The molecule has 15 heavy (non-hydrogen) atoms. The van der Waals surface area contributed by atoms with Crippen LogP contribution in [0.3, 0.4) is 0 Å². The zero-order chi connectivity index (χ0) is 10.8. The predicted octanol–water partition coefficient (Wildman–Crippen LogP) is 3.02. The molecule has 82 valence electrons. The fourth-order valence-corrected chi connectivity index (χ4v) is 2.68. The molecule has 0 radical (unpaired) electrons. The zero-order valence-electron chi connectivity index (χ0n) is 8.03. The molecule has 0 aromatic rings. The molecular weight excluding hydrogens is 220 g/mol. The van der Waals surface area contributed by atoms with Crippen LogP contribution in [0.4, 0.5) is 13.6 Å². The summed E-state index contributed by atoms with van der Waals surface area (Å²) in [5.41, 5.74) is 0.626. The summed E-state index contributed by atoms with van der Waals surface area (Å²) < 4.78 is 25.3. The first kappa shape index (κ1) is 10.7. The maximum Gasteiger partial charge on any atom is 0.286 e. The summed E-state index contributed by atoms with van der Waals surface area (Å²) in [6, 6.07) is -0.962. The molecule has 1 heterocycles. The van der Waals surface area contributed by atoms with Gasteiger partial charge in [-0.2, -0.15) is 0 Å². The van der Waals surface area contributed by atoms with Gasteiger partial charge in [0.2, 0.25) is 0 Å². The first-order valence-corrected chi connectivity index (χ1v) is 5.79. The number of rotatable bonds is 2. The van der Waals surface area contributed by atoms with Crippen LogP contribution in [0, 0.1) is 0 Å². The lowest BCUT2D eigenvalue weighted by atomic mass is 10.1. The van der Waals surface area contributed by atoms with Gasteiger partial charge >= 0.3 is 0 Å². The number of halogens is 2. The van der Waals surface area contributed by atoms with Gasteiger partial charge in [-0.25, -0.2) is 8.78 Å². The maximum atomic E-state index is 12.7. The lowest BCUT2D eigenvalue weighted by molar-refractivity contribution is 0.0763. The lowest BCUT2D eigenvalue weighted by Gasteiger charge is -2.25. The highest BCUT2D eigenvalue weighted by atomic mass is 32.2. The Bertz CT molecular complexity index is 327. The summed E-state index contributed by atoms with van der Waals surface area (Å²) in [4.78, 5) is 12.7. The zero-order valence-corrected chi connectivity index (χ0v) is 8.84. The standard InChI is InChI=1S/C10H11F2NOS/c11-9(12)8-6-15-10(14)13(8)7-4-2-1-3-5-7/h2,4-5,8-9H,1,3,6H2/t8-/m0/s1. The quantitative estimate of drug-likeness (QED) is 0.728. The summed E-state index contributed by atoms with van der Waals surface area (Å²) in [7, 11) is 0. The summed E-state index contributed by atoms with van der Waals surface area (Å²) in [6.07, 6.45) is 4.77. The molecule has 0 unspecified atom stereocenters. The van der Waals surface area contributed by atoms with E-state index in [1.54, 1.807) is 6.08 Å². The minimum atomic E-state index is -2.47. The van der Waals surface area contributed by atoms with E-state index in [0.29, 0.717) is 5.70 Å². The van der Waals surface area contributed by atoms with Crippen LogP contribution in [0.1, 0.15) is 12.8 Å². The average Bonchev–Trinajstić information content (AvgIpc) is 2.61. The fraction of sp³-hybridized carbons (Fsp3) is 0.500. The van der Waals surface area contributed by atoms with Crippen LogP contribution in [-0.2, 0) is 0 Å². The number of hydrogen-bond acceptors (Lipinski definition) is 2. The highest BCUT2D eigenvalue weighted by Crippen LogP contribution is 2.32. The van der Waals surface area contributed by atoms with E-state index in [4.69, 9.17) is 0 Å². The smallest absolute Gasteiger partial charge is 0.286 e. The fourth-order valence-electron chi connectivity index (χ4n) is 1.70. The number of nitrogens with zero attached hydrogens (tertiary/aromatic N) is 1. The summed E-state index contributed by atoms with van der Waals surface area (Å²) in [6.45, 7) is 0. The second kappa shape index (κ2) is 4.35. The van der Waals surface area contributed by atoms with Gasteiger partial charge in [0, 0.05) is 11.4 Å². The Morgan fingerprint density at radius 2 is 2.27 bits per heavy atom. The molecule has 1 fully saturated rings. The van der Waals surface area contributed by atoms with Gasteiger partial charge in [-0.1, -0.05) is 23.9 Å². The summed E-state index contributed by atoms with van der Waals surface area (Å²) in [5, 5.41) is -0.266. The van der Waals surface area contributed by atoms with Gasteiger partial charge in [0.05, 0.1) is 0 Å². The number of alkyl halides is 2. The van der Waals surface area contributed by atoms with E-state index >= 15 is 0 Å². The first-order valence-electron chi connectivity index (χ1n) is 4.81. The summed E-state index contributed by atoms with van der Waals surface area (Å²) in [5.74, 6) is 0.182.